The second kappa shape index (κ2) is 9.00. The molecule has 8 nitrogen and oxygen atoms in total. The van der Waals surface area contributed by atoms with Gasteiger partial charge in [0.15, 0.2) is 11.9 Å². The van der Waals surface area contributed by atoms with Gasteiger partial charge in [0.1, 0.15) is 6.54 Å². The van der Waals surface area contributed by atoms with Gasteiger partial charge in [-0.3, -0.25) is 4.57 Å². The summed E-state index contributed by atoms with van der Waals surface area (Å²) in [7, 11) is 0. The molecule has 0 saturated carbocycles. The SMILES string of the molecule is O=c1n(Cc2nc(-c3ccccc3Cl)no2)nc(-c2ccc(Cl)cc2)n1CC(O)C(F)(F)F. The van der Waals surface area contributed by atoms with E-state index in [0.29, 0.717) is 21.2 Å². The van der Waals surface area contributed by atoms with Crippen LogP contribution in [0.15, 0.2) is 57.8 Å². The number of aromatic nitrogens is 5. The number of rotatable bonds is 6. The van der Waals surface area contributed by atoms with Gasteiger partial charge in [0, 0.05) is 16.1 Å². The van der Waals surface area contributed by atoms with Crippen LogP contribution in [0, 0.1) is 0 Å². The van der Waals surface area contributed by atoms with Crippen LogP contribution in [-0.4, -0.2) is 41.9 Å². The fourth-order valence-corrected chi connectivity index (χ4v) is 3.34. The molecule has 4 aromatic rings. The molecular formula is C20H14Cl2F3N5O3. The summed E-state index contributed by atoms with van der Waals surface area (Å²) in [6, 6.07) is 12.8. The molecule has 2 aromatic carbocycles. The first-order valence-corrected chi connectivity index (χ1v) is 10.1. The van der Waals surface area contributed by atoms with Crippen LogP contribution in [0.2, 0.25) is 10.0 Å². The first-order valence-electron chi connectivity index (χ1n) is 9.39. The second-order valence-electron chi connectivity index (χ2n) is 6.93. The van der Waals surface area contributed by atoms with Crippen LogP contribution < -0.4 is 5.69 Å². The van der Waals surface area contributed by atoms with Gasteiger partial charge in [-0.2, -0.15) is 18.2 Å². The Balaban J connectivity index is 1.71. The smallest absolute Gasteiger partial charge is 0.382 e. The number of aliphatic hydroxyl groups is 1. The van der Waals surface area contributed by atoms with Crippen molar-refractivity contribution in [2.75, 3.05) is 0 Å². The first-order chi connectivity index (χ1) is 15.6. The summed E-state index contributed by atoms with van der Waals surface area (Å²) < 4.78 is 45.6. The van der Waals surface area contributed by atoms with Gasteiger partial charge in [-0.15, -0.1) is 5.10 Å². The molecule has 0 aliphatic heterocycles. The molecule has 0 fully saturated rings. The van der Waals surface area contributed by atoms with Gasteiger partial charge in [0.05, 0.1) is 11.6 Å². The molecule has 13 heteroatoms. The van der Waals surface area contributed by atoms with Crippen molar-refractivity contribution in [2.45, 2.75) is 25.4 Å². The number of hydrogen-bond donors (Lipinski definition) is 1. The van der Waals surface area contributed by atoms with E-state index in [2.05, 4.69) is 15.2 Å². The lowest BCUT2D eigenvalue weighted by atomic mass is 10.2. The predicted octanol–water partition coefficient (Wildman–Crippen LogP) is 4.04. The Morgan fingerprint density at radius 2 is 1.79 bits per heavy atom. The first kappa shape index (κ1) is 23.0. The third-order valence-electron chi connectivity index (χ3n) is 4.63. The van der Waals surface area contributed by atoms with Crippen LogP contribution in [-0.2, 0) is 13.1 Å². The maximum absolute atomic E-state index is 12.9. The number of hydrogen-bond acceptors (Lipinski definition) is 6. The van der Waals surface area contributed by atoms with Gasteiger partial charge < -0.3 is 9.63 Å². The molecule has 1 atom stereocenters. The molecule has 0 aliphatic carbocycles. The van der Waals surface area contributed by atoms with Crippen LogP contribution in [0.3, 0.4) is 0 Å². The molecule has 0 saturated heterocycles. The van der Waals surface area contributed by atoms with Crippen molar-refractivity contribution in [2.24, 2.45) is 0 Å². The van der Waals surface area contributed by atoms with Crippen LogP contribution in [0.4, 0.5) is 13.2 Å². The Hall–Kier alpha value is -3.15. The lowest BCUT2D eigenvalue weighted by Gasteiger charge is -2.15. The fraction of sp³-hybridized carbons (Fsp3) is 0.200. The zero-order chi connectivity index (χ0) is 23.8. The summed E-state index contributed by atoms with van der Waals surface area (Å²) in [6.07, 6.45) is -7.69. The quantitative estimate of drug-likeness (QED) is 0.429. The lowest BCUT2D eigenvalue weighted by molar-refractivity contribution is -0.207. The number of benzene rings is 2. The molecular weight excluding hydrogens is 486 g/mol. The maximum Gasteiger partial charge on any atom is 0.416 e. The number of alkyl halides is 3. The van der Waals surface area contributed by atoms with Crippen molar-refractivity contribution >= 4 is 23.2 Å². The minimum absolute atomic E-state index is 0.0179. The highest BCUT2D eigenvalue weighted by Crippen LogP contribution is 2.26. The minimum atomic E-state index is -4.92. The highest BCUT2D eigenvalue weighted by molar-refractivity contribution is 6.33. The summed E-state index contributed by atoms with van der Waals surface area (Å²) in [5.74, 6) is 0.0648. The van der Waals surface area contributed by atoms with Crippen molar-refractivity contribution in [3.8, 4) is 22.8 Å². The fourth-order valence-electron chi connectivity index (χ4n) is 3.00. The third-order valence-corrected chi connectivity index (χ3v) is 5.21. The Labute approximate surface area is 193 Å². The van der Waals surface area contributed by atoms with E-state index >= 15 is 0 Å². The highest BCUT2D eigenvalue weighted by atomic mass is 35.5. The van der Waals surface area contributed by atoms with E-state index in [9.17, 15) is 23.1 Å². The Morgan fingerprint density at radius 1 is 1.09 bits per heavy atom. The molecule has 1 unspecified atom stereocenters. The second-order valence-corrected chi connectivity index (χ2v) is 7.77. The summed E-state index contributed by atoms with van der Waals surface area (Å²) in [5.41, 5.74) is -0.0742. The van der Waals surface area contributed by atoms with E-state index in [1.54, 1.807) is 24.3 Å². The number of halogens is 5. The lowest BCUT2D eigenvalue weighted by Crippen LogP contribution is -2.37. The van der Waals surface area contributed by atoms with Gasteiger partial charge in [-0.05, 0) is 36.4 Å². The van der Waals surface area contributed by atoms with E-state index in [-0.39, 0.29) is 24.1 Å². The summed E-state index contributed by atoms with van der Waals surface area (Å²) in [6.45, 7) is -1.36. The molecule has 4 rings (SSSR count). The molecule has 0 spiro atoms. The van der Waals surface area contributed by atoms with Gasteiger partial charge >= 0.3 is 11.9 Å². The summed E-state index contributed by atoms with van der Waals surface area (Å²) in [5, 5.41) is 18.3. The number of aliphatic hydroxyl groups excluding tert-OH is 1. The molecule has 2 aromatic heterocycles. The largest absolute Gasteiger partial charge is 0.416 e. The van der Waals surface area contributed by atoms with E-state index in [1.807, 2.05) is 0 Å². The van der Waals surface area contributed by atoms with Crippen LogP contribution in [0.5, 0.6) is 0 Å². The highest BCUT2D eigenvalue weighted by Gasteiger charge is 2.39. The molecule has 172 valence electrons. The molecule has 0 aliphatic rings. The van der Waals surface area contributed by atoms with E-state index < -0.39 is 24.5 Å². The van der Waals surface area contributed by atoms with Crippen molar-refractivity contribution in [3.63, 3.8) is 0 Å². The van der Waals surface area contributed by atoms with Crippen LogP contribution >= 0.6 is 23.2 Å². The number of nitrogens with zero attached hydrogens (tertiary/aromatic N) is 5. The summed E-state index contributed by atoms with van der Waals surface area (Å²) >= 11 is 12.0. The monoisotopic (exact) mass is 499 g/mol. The Kier molecular flexibility index (Phi) is 6.28. The van der Waals surface area contributed by atoms with Gasteiger partial charge in [-0.25, -0.2) is 9.48 Å². The topological polar surface area (TPSA) is 99.0 Å². The van der Waals surface area contributed by atoms with Crippen LogP contribution in [0.25, 0.3) is 22.8 Å². The Morgan fingerprint density at radius 3 is 2.45 bits per heavy atom. The predicted molar refractivity (Wildman–Crippen MR) is 113 cm³/mol. The van der Waals surface area contributed by atoms with E-state index in [0.717, 1.165) is 9.25 Å². The standard InChI is InChI=1S/C20H14Cl2F3N5O3/c21-12-7-5-11(6-8-12)18-27-30(19(32)29(18)9-15(31)20(23,24)25)10-16-26-17(28-33-16)13-3-1-2-4-14(13)22/h1-8,15,31H,9-10H2. The molecule has 0 radical (unpaired) electrons. The zero-order valence-electron chi connectivity index (χ0n) is 16.5. The minimum Gasteiger partial charge on any atom is -0.382 e. The average Bonchev–Trinajstić information content (AvgIpc) is 3.34. The van der Waals surface area contributed by atoms with Crippen molar-refractivity contribution in [3.05, 3.63) is 75.0 Å². The van der Waals surface area contributed by atoms with Crippen molar-refractivity contribution < 1.29 is 22.8 Å². The van der Waals surface area contributed by atoms with Gasteiger partial charge in [0.25, 0.3) is 0 Å². The molecule has 0 bridgehead atoms. The normalized spacial score (nSPS) is 12.8. The van der Waals surface area contributed by atoms with Crippen molar-refractivity contribution in [1.82, 2.24) is 24.5 Å². The van der Waals surface area contributed by atoms with Gasteiger partial charge in [-0.1, -0.05) is 40.5 Å². The van der Waals surface area contributed by atoms with Crippen LogP contribution in [0.1, 0.15) is 5.89 Å². The molecule has 0 amide bonds. The average molecular weight is 500 g/mol. The third kappa shape index (κ3) is 4.95. The maximum atomic E-state index is 12.9. The van der Waals surface area contributed by atoms with E-state index in [1.165, 1.54) is 24.3 Å². The van der Waals surface area contributed by atoms with Crippen molar-refractivity contribution in [1.29, 1.82) is 0 Å². The molecule has 33 heavy (non-hydrogen) atoms. The van der Waals surface area contributed by atoms with Gasteiger partial charge in [0.2, 0.25) is 11.7 Å². The molecule has 1 N–H and O–H groups in total. The van der Waals surface area contributed by atoms with E-state index in [4.69, 9.17) is 27.7 Å². The summed E-state index contributed by atoms with van der Waals surface area (Å²) in [4.78, 5) is 17.1. The zero-order valence-corrected chi connectivity index (χ0v) is 18.0. The molecule has 2 heterocycles. The Bertz CT molecular complexity index is 1330.